The van der Waals surface area contributed by atoms with Crippen molar-refractivity contribution in [3.63, 3.8) is 0 Å². The molecule has 0 aliphatic heterocycles. The van der Waals surface area contributed by atoms with E-state index in [0.717, 1.165) is 27.7 Å². The highest BCUT2D eigenvalue weighted by Gasteiger charge is 2.13. The minimum Gasteiger partial charge on any atom is -0.267 e. The van der Waals surface area contributed by atoms with Crippen LogP contribution in [0.1, 0.15) is 41.3 Å². The number of nitrogens with one attached hydrogen (secondary N) is 1. The molecule has 0 unspecified atom stereocenters. The van der Waals surface area contributed by atoms with E-state index >= 15 is 0 Å². The maximum atomic E-state index is 12.9. The Bertz CT molecular complexity index is 1160. The van der Waals surface area contributed by atoms with Crippen LogP contribution in [0.5, 0.6) is 0 Å². The summed E-state index contributed by atoms with van der Waals surface area (Å²) in [5.74, 6) is 0.214. The van der Waals surface area contributed by atoms with Gasteiger partial charge in [-0.3, -0.25) is 4.79 Å². The van der Waals surface area contributed by atoms with E-state index in [-0.39, 0.29) is 5.91 Å². The zero-order valence-corrected chi connectivity index (χ0v) is 17.1. The molecule has 0 atom stereocenters. The normalized spacial score (nSPS) is 11.4. The lowest BCUT2D eigenvalue weighted by Crippen LogP contribution is -2.18. The molecule has 2 aromatic carbocycles. The van der Waals surface area contributed by atoms with Crippen molar-refractivity contribution in [1.82, 2.24) is 10.4 Å². The molecule has 2 aromatic heterocycles. The Balaban J connectivity index is 1.69. The Kier molecular flexibility index (Phi) is 5.49. The van der Waals surface area contributed by atoms with Gasteiger partial charge in [0.15, 0.2) is 0 Å². The molecule has 0 saturated carbocycles. The van der Waals surface area contributed by atoms with Gasteiger partial charge in [0.2, 0.25) is 0 Å². The summed E-state index contributed by atoms with van der Waals surface area (Å²) in [5, 5.41) is 8.83. The molecule has 4 nitrogen and oxygen atoms in total. The summed E-state index contributed by atoms with van der Waals surface area (Å²) in [6.45, 7) is 4.34. The topological polar surface area (TPSA) is 54.4 Å². The van der Waals surface area contributed by atoms with Crippen molar-refractivity contribution in [2.24, 2.45) is 5.10 Å². The summed E-state index contributed by atoms with van der Waals surface area (Å²) in [7, 11) is 0. The Morgan fingerprint density at radius 3 is 2.62 bits per heavy atom. The Morgan fingerprint density at radius 1 is 1.10 bits per heavy atom. The molecule has 0 fully saturated rings. The number of benzene rings is 2. The second-order valence-electron chi connectivity index (χ2n) is 7.10. The highest BCUT2D eigenvalue weighted by Crippen LogP contribution is 2.26. The van der Waals surface area contributed by atoms with Gasteiger partial charge in [0.05, 0.1) is 23.0 Å². The van der Waals surface area contributed by atoms with Gasteiger partial charge in [-0.1, -0.05) is 56.3 Å². The van der Waals surface area contributed by atoms with Gasteiger partial charge in [0.25, 0.3) is 5.91 Å². The lowest BCUT2D eigenvalue weighted by molar-refractivity contribution is 0.0956. The zero-order chi connectivity index (χ0) is 20.2. The van der Waals surface area contributed by atoms with Crippen molar-refractivity contribution >= 4 is 34.4 Å². The number of aromatic nitrogens is 1. The number of para-hydroxylation sites is 1. The van der Waals surface area contributed by atoms with E-state index in [9.17, 15) is 4.79 Å². The zero-order valence-electron chi connectivity index (χ0n) is 16.3. The molecule has 29 heavy (non-hydrogen) atoms. The number of hydrogen-bond acceptors (Lipinski definition) is 4. The first-order chi connectivity index (χ1) is 14.1. The SMILES string of the molecule is CC(C)c1ccc(-c2cc(C(=O)N/N=C/c3ccsc3)c3ccccc3n2)cc1. The fourth-order valence-corrected chi connectivity index (χ4v) is 3.73. The second kappa shape index (κ2) is 8.37. The second-order valence-corrected chi connectivity index (χ2v) is 7.88. The lowest BCUT2D eigenvalue weighted by atomic mass is 9.99. The van der Waals surface area contributed by atoms with Crippen molar-refractivity contribution in [1.29, 1.82) is 0 Å². The predicted molar refractivity (Wildman–Crippen MR) is 121 cm³/mol. The van der Waals surface area contributed by atoms with E-state index in [1.165, 1.54) is 5.56 Å². The number of rotatable bonds is 5. The number of hydrazone groups is 1. The van der Waals surface area contributed by atoms with Crippen LogP contribution in [0.4, 0.5) is 0 Å². The molecule has 4 rings (SSSR count). The average molecular weight is 400 g/mol. The summed E-state index contributed by atoms with van der Waals surface area (Å²) in [6, 6.07) is 19.8. The molecule has 0 bridgehead atoms. The van der Waals surface area contributed by atoms with Crippen molar-refractivity contribution in [3.05, 3.63) is 88.1 Å². The van der Waals surface area contributed by atoms with Crippen LogP contribution < -0.4 is 5.43 Å². The number of amides is 1. The third-order valence-electron chi connectivity index (χ3n) is 4.76. The van der Waals surface area contributed by atoms with Crippen LogP contribution in [0, 0.1) is 0 Å². The molecule has 0 saturated heterocycles. The van der Waals surface area contributed by atoms with E-state index in [1.807, 2.05) is 47.2 Å². The molecule has 4 aromatic rings. The van der Waals surface area contributed by atoms with Crippen LogP contribution in [0.2, 0.25) is 0 Å². The van der Waals surface area contributed by atoms with Gasteiger partial charge in [-0.2, -0.15) is 16.4 Å². The average Bonchev–Trinajstić information content (AvgIpc) is 3.26. The highest BCUT2D eigenvalue weighted by atomic mass is 32.1. The molecule has 0 radical (unpaired) electrons. The minimum absolute atomic E-state index is 0.255. The van der Waals surface area contributed by atoms with Gasteiger partial charge < -0.3 is 0 Å². The first kappa shape index (κ1) is 19.0. The number of pyridine rings is 1. The number of hydrogen-bond donors (Lipinski definition) is 1. The number of thiophene rings is 1. The monoisotopic (exact) mass is 399 g/mol. The third kappa shape index (κ3) is 4.25. The fraction of sp³-hybridized carbons (Fsp3) is 0.125. The van der Waals surface area contributed by atoms with E-state index in [4.69, 9.17) is 4.98 Å². The molecule has 0 aliphatic rings. The predicted octanol–water partition coefficient (Wildman–Crippen LogP) is 5.85. The van der Waals surface area contributed by atoms with Crippen LogP contribution in [-0.2, 0) is 0 Å². The van der Waals surface area contributed by atoms with Crippen LogP contribution in [-0.4, -0.2) is 17.1 Å². The number of nitrogens with zero attached hydrogens (tertiary/aromatic N) is 2. The molecule has 0 aliphatic carbocycles. The van der Waals surface area contributed by atoms with E-state index in [2.05, 4.69) is 48.6 Å². The molecule has 2 heterocycles. The van der Waals surface area contributed by atoms with Crippen LogP contribution >= 0.6 is 11.3 Å². The molecule has 5 heteroatoms. The van der Waals surface area contributed by atoms with E-state index < -0.39 is 0 Å². The summed E-state index contributed by atoms with van der Waals surface area (Å²) >= 11 is 1.59. The highest BCUT2D eigenvalue weighted by molar-refractivity contribution is 7.08. The van der Waals surface area contributed by atoms with E-state index in [0.29, 0.717) is 11.5 Å². The Labute approximate surface area is 173 Å². The van der Waals surface area contributed by atoms with Gasteiger partial charge in [0, 0.05) is 16.5 Å². The molecule has 1 amide bonds. The molecule has 144 valence electrons. The van der Waals surface area contributed by atoms with Crippen molar-refractivity contribution < 1.29 is 4.79 Å². The van der Waals surface area contributed by atoms with Crippen LogP contribution in [0.25, 0.3) is 22.2 Å². The Morgan fingerprint density at radius 2 is 1.90 bits per heavy atom. The van der Waals surface area contributed by atoms with Gasteiger partial charge >= 0.3 is 0 Å². The van der Waals surface area contributed by atoms with Crippen LogP contribution in [0.3, 0.4) is 0 Å². The summed E-state index contributed by atoms with van der Waals surface area (Å²) in [6.07, 6.45) is 1.64. The maximum Gasteiger partial charge on any atom is 0.272 e. The smallest absolute Gasteiger partial charge is 0.267 e. The first-order valence-electron chi connectivity index (χ1n) is 9.47. The van der Waals surface area contributed by atoms with Crippen molar-refractivity contribution in [2.45, 2.75) is 19.8 Å². The largest absolute Gasteiger partial charge is 0.272 e. The first-order valence-corrected chi connectivity index (χ1v) is 10.4. The molecular formula is C24H21N3OS. The summed E-state index contributed by atoms with van der Waals surface area (Å²) in [5.41, 5.74) is 7.96. The number of carbonyl (C=O) groups excluding carboxylic acids is 1. The van der Waals surface area contributed by atoms with Crippen molar-refractivity contribution in [2.75, 3.05) is 0 Å². The van der Waals surface area contributed by atoms with E-state index in [1.54, 1.807) is 17.6 Å². The summed E-state index contributed by atoms with van der Waals surface area (Å²) < 4.78 is 0. The molecule has 0 spiro atoms. The minimum atomic E-state index is -0.255. The number of fused-ring (bicyclic) bond motifs is 1. The van der Waals surface area contributed by atoms with Crippen molar-refractivity contribution in [3.8, 4) is 11.3 Å². The van der Waals surface area contributed by atoms with Gasteiger partial charge in [0.1, 0.15) is 0 Å². The Hall–Kier alpha value is -3.31. The lowest BCUT2D eigenvalue weighted by Gasteiger charge is -2.10. The fourth-order valence-electron chi connectivity index (χ4n) is 3.12. The molecule has 1 N–H and O–H groups in total. The van der Waals surface area contributed by atoms with Crippen LogP contribution in [0.15, 0.2) is 76.5 Å². The van der Waals surface area contributed by atoms with Gasteiger partial charge in [-0.15, -0.1) is 0 Å². The standard InChI is InChI=1S/C24H21N3OS/c1-16(2)18-7-9-19(10-8-18)23-13-21(20-5-3-4-6-22(20)26-23)24(28)27-25-14-17-11-12-29-15-17/h3-16H,1-2H3,(H,27,28)/b25-14+. The quantitative estimate of drug-likeness (QED) is 0.338. The third-order valence-corrected chi connectivity index (χ3v) is 5.46. The number of carbonyl (C=O) groups is 1. The maximum absolute atomic E-state index is 12.9. The van der Waals surface area contributed by atoms with Gasteiger partial charge in [-0.05, 0) is 40.4 Å². The molecular weight excluding hydrogens is 378 g/mol. The van der Waals surface area contributed by atoms with Gasteiger partial charge in [-0.25, -0.2) is 10.4 Å². The summed E-state index contributed by atoms with van der Waals surface area (Å²) in [4.78, 5) is 17.6.